The van der Waals surface area contributed by atoms with E-state index in [4.69, 9.17) is 0 Å². The van der Waals surface area contributed by atoms with Crippen LogP contribution in [0.2, 0.25) is 0 Å². The maximum atomic E-state index is 13.3. The lowest BCUT2D eigenvalue weighted by molar-refractivity contribution is 0.598. The van der Waals surface area contributed by atoms with Crippen LogP contribution in [-0.2, 0) is 10.0 Å². The Morgan fingerprint density at radius 2 is 2.00 bits per heavy atom. The Balaban J connectivity index is 1.91. The number of aromatic nitrogens is 2. The van der Waals surface area contributed by atoms with E-state index in [1.165, 1.54) is 19.1 Å². The summed E-state index contributed by atoms with van der Waals surface area (Å²) in [6.45, 7) is 1.52. The highest BCUT2D eigenvalue weighted by Gasteiger charge is 2.15. The summed E-state index contributed by atoms with van der Waals surface area (Å²) in [5.74, 6) is -0.440. The molecule has 3 aromatic rings. The van der Waals surface area contributed by atoms with Gasteiger partial charge in [-0.15, -0.1) is 0 Å². The molecule has 1 heterocycles. The summed E-state index contributed by atoms with van der Waals surface area (Å²) < 4.78 is 40.6. The number of nitrogens with zero attached hydrogens (tertiary/aromatic N) is 1. The number of anilines is 1. The van der Waals surface area contributed by atoms with E-state index >= 15 is 0 Å². The average molecular weight is 331 g/mol. The van der Waals surface area contributed by atoms with Crippen LogP contribution in [0.25, 0.3) is 11.3 Å². The zero-order chi connectivity index (χ0) is 16.4. The lowest BCUT2D eigenvalue weighted by Crippen LogP contribution is -2.13. The minimum atomic E-state index is -3.78. The van der Waals surface area contributed by atoms with Crippen LogP contribution in [0, 0.1) is 12.7 Å². The molecule has 0 aliphatic rings. The van der Waals surface area contributed by atoms with Gasteiger partial charge in [-0.1, -0.05) is 12.1 Å². The van der Waals surface area contributed by atoms with Crippen LogP contribution in [0.3, 0.4) is 0 Å². The van der Waals surface area contributed by atoms with Crippen molar-refractivity contribution in [1.82, 2.24) is 9.97 Å². The molecule has 3 rings (SSSR count). The van der Waals surface area contributed by atoms with Gasteiger partial charge in [0.15, 0.2) is 0 Å². The Morgan fingerprint density at radius 3 is 2.70 bits per heavy atom. The van der Waals surface area contributed by atoms with Crippen LogP contribution in [0.1, 0.15) is 5.56 Å². The Kier molecular flexibility index (Phi) is 3.87. The van der Waals surface area contributed by atoms with E-state index in [9.17, 15) is 12.8 Å². The molecule has 0 spiro atoms. The van der Waals surface area contributed by atoms with Gasteiger partial charge in [-0.25, -0.2) is 17.8 Å². The largest absolute Gasteiger partial charge is 0.345 e. The fraction of sp³-hybridized carbons (Fsp3) is 0.0625. The smallest absolute Gasteiger partial charge is 0.261 e. The molecule has 1 aromatic heterocycles. The number of hydrogen-bond donors (Lipinski definition) is 2. The number of sulfonamides is 1. The molecule has 0 aliphatic heterocycles. The SMILES string of the molecule is Cc1cc(S(=O)(=O)Nc2cccc(-c3cnc[nH]3)c2)ccc1F. The van der Waals surface area contributed by atoms with Crippen LogP contribution in [0.4, 0.5) is 10.1 Å². The minimum absolute atomic E-state index is 0.0170. The summed E-state index contributed by atoms with van der Waals surface area (Å²) in [7, 11) is -3.78. The second kappa shape index (κ2) is 5.85. The molecule has 0 saturated carbocycles. The zero-order valence-electron chi connectivity index (χ0n) is 12.2. The number of imidazole rings is 1. The molecule has 0 radical (unpaired) electrons. The van der Waals surface area contributed by atoms with Crippen molar-refractivity contribution in [3.63, 3.8) is 0 Å². The Morgan fingerprint density at radius 1 is 1.17 bits per heavy atom. The maximum Gasteiger partial charge on any atom is 0.261 e. The van der Waals surface area contributed by atoms with Crippen LogP contribution in [-0.4, -0.2) is 18.4 Å². The summed E-state index contributed by atoms with van der Waals surface area (Å²) in [5, 5.41) is 0. The number of rotatable bonds is 4. The maximum absolute atomic E-state index is 13.3. The monoisotopic (exact) mass is 331 g/mol. The van der Waals surface area contributed by atoms with Crippen molar-refractivity contribution in [2.75, 3.05) is 4.72 Å². The fourth-order valence-electron chi connectivity index (χ4n) is 2.16. The molecule has 5 nitrogen and oxygen atoms in total. The van der Waals surface area contributed by atoms with Gasteiger partial charge >= 0.3 is 0 Å². The lowest BCUT2D eigenvalue weighted by atomic mass is 10.1. The van der Waals surface area contributed by atoms with Crippen molar-refractivity contribution in [2.45, 2.75) is 11.8 Å². The number of H-pyrrole nitrogens is 1. The van der Waals surface area contributed by atoms with Crippen LogP contribution < -0.4 is 4.72 Å². The highest BCUT2D eigenvalue weighted by atomic mass is 32.2. The average Bonchev–Trinajstić information content (AvgIpc) is 3.04. The number of hydrogen-bond acceptors (Lipinski definition) is 3. The molecule has 0 fully saturated rings. The van der Waals surface area contributed by atoms with Gasteiger partial charge in [0, 0.05) is 11.3 Å². The summed E-state index contributed by atoms with van der Waals surface area (Å²) >= 11 is 0. The molecule has 2 N–H and O–H groups in total. The molecule has 0 atom stereocenters. The number of halogens is 1. The fourth-order valence-corrected chi connectivity index (χ4v) is 3.30. The summed E-state index contributed by atoms with van der Waals surface area (Å²) in [6.07, 6.45) is 3.20. The number of nitrogens with one attached hydrogen (secondary N) is 2. The van der Waals surface area contributed by atoms with Crippen LogP contribution >= 0.6 is 0 Å². The Labute approximate surface area is 133 Å². The van der Waals surface area contributed by atoms with Crippen LogP contribution in [0.15, 0.2) is 59.9 Å². The highest BCUT2D eigenvalue weighted by Crippen LogP contribution is 2.23. The van der Waals surface area contributed by atoms with E-state index < -0.39 is 15.8 Å². The van der Waals surface area contributed by atoms with E-state index in [0.717, 1.165) is 17.3 Å². The third-order valence-electron chi connectivity index (χ3n) is 3.36. The van der Waals surface area contributed by atoms with Crippen molar-refractivity contribution in [3.8, 4) is 11.3 Å². The standard InChI is InChI=1S/C16H14FN3O2S/c1-11-7-14(5-6-15(11)17)23(21,22)20-13-4-2-3-12(8-13)16-9-18-10-19-16/h2-10,20H,1H3,(H,18,19). The van der Waals surface area contributed by atoms with Gasteiger partial charge in [0.2, 0.25) is 0 Å². The van der Waals surface area contributed by atoms with Gasteiger partial charge in [-0.2, -0.15) is 0 Å². The minimum Gasteiger partial charge on any atom is -0.345 e. The molecule has 2 aromatic carbocycles. The van der Waals surface area contributed by atoms with Gasteiger partial charge in [0.25, 0.3) is 10.0 Å². The first-order chi connectivity index (χ1) is 11.0. The van der Waals surface area contributed by atoms with E-state index in [1.54, 1.807) is 30.7 Å². The van der Waals surface area contributed by atoms with E-state index in [2.05, 4.69) is 14.7 Å². The van der Waals surface area contributed by atoms with Gasteiger partial charge < -0.3 is 4.98 Å². The molecular formula is C16H14FN3O2S. The van der Waals surface area contributed by atoms with E-state index in [0.29, 0.717) is 5.69 Å². The van der Waals surface area contributed by atoms with Gasteiger partial charge in [-0.05, 0) is 42.8 Å². The molecule has 0 unspecified atom stereocenters. The molecule has 0 amide bonds. The number of aryl methyl sites for hydroxylation is 1. The van der Waals surface area contributed by atoms with Crippen molar-refractivity contribution >= 4 is 15.7 Å². The van der Waals surface area contributed by atoms with Crippen molar-refractivity contribution in [3.05, 3.63) is 66.4 Å². The van der Waals surface area contributed by atoms with Crippen molar-refractivity contribution in [2.24, 2.45) is 0 Å². The van der Waals surface area contributed by atoms with E-state index in [-0.39, 0.29) is 10.5 Å². The third-order valence-corrected chi connectivity index (χ3v) is 4.74. The third kappa shape index (κ3) is 3.24. The number of benzene rings is 2. The highest BCUT2D eigenvalue weighted by molar-refractivity contribution is 7.92. The second-order valence-electron chi connectivity index (χ2n) is 5.06. The Bertz CT molecular complexity index is 938. The van der Waals surface area contributed by atoms with Crippen LogP contribution in [0.5, 0.6) is 0 Å². The van der Waals surface area contributed by atoms with Crippen molar-refractivity contribution < 1.29 is 12.8 Å². The predicted molar refractivity (Wildman–Crippen MR) is 86.0 cm³/mol. The first-order valence-corrected chi connectivity index (χ1v) is 8.32. The zero-order valence-corrected chi connectivity index (χ0v) is 13.1. The first-order valence-electron chi connectivity index (χ1n) is 6.83. The molecule has 0 aliphatic carbocycles. The molecular weight excluding hydrogens is 317 g/mol. The summed E-state index contributed by atoms with van der Waals surface area (Å²) in [5.41, 5.74) is 2.28. The molecule has 118 valence electrons. The molecule has 7 heteroatoms. The molecule has 23 heavy (non-hydrogen) atoms. The van der Waals surface area contributed by atoms with Gasteiger partial charge in [0.1, 0.15) is 5.82 Å². The summed E-state index contributed by atoms with van der Waals surface area (Å²) in [4.78, 5) is 6.91. The summed E-state index contributed by atoms with van der Waals surface area (Å²) in [6, 6.07) is 10.6. The normalized spacial score (nSPS) is 11.4. The van der Waals surface area contributed by atoms with Gasteiger partial charge in [-0.3, -0.25) is 4.72 Å². The predicted octanol–water partition coefficient (Wildman–Crippen LogP) is 3.33. The lowest BCUT2D eigenvalue weighted by Gasteiger charge is -2.10. The van der Waals surface area contributed by atoms with Crippen molar-refractivity contribution in [1.29, 1.82) is 0 Å². The first kappa shape index (κ1) is 15.2. The topological polar surface area (TPSA) is 74.8 Å². The van der Waals surface area contributed by atoms with E-state index in [1.807, 2.05) is 6.07 Å². The second-order valence-corrected chi connectivity index (χ2v) is 6.74. The molecule has 0 saturated heterocycles. The number of aromatic amines is 1. The Hall–Kier alpha value is -2.67. The van der Waals surface area contributed by atoms with Gasteiger partial charge in [0.05, 0.1) is 23.1 Å². The molecule has 0 bridgehead atoms. The quantitative estimate of drug-likeness (QED) is 0.770.